The summed E-state index contributed by atoms with van der Waals surface area (Å²) in [5.41, 5.74) is 2.17. The van der Waals surface area contributed by atoms with E-state index in [1.165, 1.54) is 0 Å². The zero-order valence-electron chi connectivity index (χ0n) is 9.39. The van der Waals surface area contributed by atoms with Crippen LogP contribution in [0.2, 0.25) is 5.02 Å². The summed E-state index contributed by atoms with van der Waals surface area (Å²) in [4.78, 5) is 11.7. The van der Waals surface area contributed by atoms with Gasteiger partial charge in [0.2, 0.25) is 0 Å². The van der Waals surface area contributed by atoms with Crippen molar-refractivity contribution in [3.63, 3.8) is 0 Å². The molecule has 0 unspecified atom stereocenters. The first-order valence-electron chi connectivity index (χ1n) is 5.53. The highest BCUT2D eigenvalue weighted by Crippen LogP contribution is 2.35. The van der Waals surface area contributed by atoms with Gasteiger partial charge in [-0.3, -0.25) is 0 Å². The number of esters is 1. The molecule has 0 bridgehead atoms. The zero-order valence-corrected chi connectivity index (χ0v) is 10.1. The molecule has 18 heavy (non-hydrogen) atoms. The van der Waals surface area contributed by atoms with E-state index in [2.05, 4.69) is 0 Å². The number of rotatable bonds is 1. The van der Waals surface area contributed by atoms with Gasteiger partial charge in [-0.15, -0.1) is 0 Å². The van der Waals surface area contributed by atoms with Crippen LogP contribution in [-0.2, 0) is 4.74 Å². The van der Waals surface area contributed by atoms with Gasteiger partial charge in [-0.1, -0.05) is 54.1 Å². The number of hydrogen-bond acceptors (Lipinski definition) is 2. The fraction of sp³-hybridized carbons (Fsp3) is 0. The molecule has 0 spiro atoms. The summed E-state index contributed by atoms with van der Waals surface area (Å²) in [5, 5.41) is 0.425. The van der Waals surface area contributed by atoms with Gasteiger partial charge in [-0.25, -0.2) is 4.79 Å². The third kappa shape index (κ3) is 1.81. The average molecular weight is 257 g/mol. The van der Waals surface area contributed by atoms with Gasteiger partial charge < -0.3 is 4.74 Å². The van der Waals surface area contributed by atoms with E-state index < -0.39 is 5.97 Å². The van der Waals surface area contributed by atoms with Crippen molar-refractivity contribution in [2.75, 3.05) is 0 Å². The van der Waals surface area contributed by atoms with Gasteiger partial charge in [0.25, 0.3) is 0 Å². The number of carbonyl (C=O) groups excluding carboxylic acids is 1. The van der Waals surface area contributed by atoms with E-state index in [-0.39, 0.29) is 0 Å². The number of cyclic esters (lactones) is 1. The monoisotopic (exact) mass is 256 g/mol. The van der Waals surface area contributed by atoms with Crippen molar-refractivity contribution in [1.29, 1.82) is 0 Å². The lowest BCUT2D eigenvalue weighted by Gasteiger charge is -1.99. The summed E-state index contributed by atoms with van der Waals surface area (Å²) < 4.78 is 5.25. The van der Waals surface area contributed by atoms with Gasteiger partial charge in [0.05, 0.1) is 10.6 Å². The van der Waals surface area contributed by atoms with Gasteiger partial charge in [-0.05, 0) is 17.7 Å². The predicted molar refractivity (Wildman–Crippen MR) is 71.2 cm³/mol. The minimum absolute atomic E-state index is 0.391. The molecule has 0 saturated heterocycles. The second kappa shape index (κ2) is 4.31. The van der Waals surface area contributed by atoms with Crippen LogP contribution in [0.4, 0.5) is 0 Å². The van der Waals surface area contributed by atoms with Crippen molar-refractivity contribution in [2.24, 2.45) is 0 Å². The Kier molecular flexibility index (Phi) is 2.65. The third-order valence-electron chi connectivity index (χ3n) is 2.78. The SMILES string of the molecule is O=C1O/C(=C\c2ccccc2)c2cccc(Cl)c21. The number of benzene rings is 2. The van der Waals surface area contributed by atoms with Crippen LogP contribution in [-0.4, -0.2) is 5.97 Å². The Bertz CT molecular complexity index is 645. The minimum Gasteiger partial charge on any atom is -0.422 e. The molecular weight excluding hydrogens is 248 g/mol. The molecule has 88 valence electrons. The van der Waals surface area contributed by atoms with Crippen LogP contribution in [0.25, 0.3) is 11.8 Å². The van der Waals surface area contributed by atoms with Crippen molar-refractivity contribution in [1.82, 2.24) is 0 Å². The van der Waals surface area contributed by atoms with Crippen LogP contribution in [0.15, 0.2) is 48.5 Å². The van der Waals surface area contributed by atoms with Crippen molar-refractivity contribution in [3.05, 3.63) is 70.2 Å². The van der Waals surface area contributed by atoms with E-state index in [1.54, 1.807) is 6.07 Å². The molecule has 0 saturated carbocycles. The lowest BCUT2D eigenvalue weighted by Crippen LogP contribution is -1.94. The third-order valence-corrected chi connectivity index (χ3v) is 3.10. The fourth-order valence-corrected chi connectivity index (χ4v) is 2.20. The Hall–Kier alpha value is -2.06. The quantitative estimate of drug-likeness (QED) is 0.721. The molecule has 1 heterocycles. The highest BCUT2D eigenvalue weighted by molar-refractivity contribution is 6.34. The number of halogens is 1. The largest absolute Gasteiger partial charge is 0.422 e. The Labute approximate surface area is 109 Å². The highest BCUT2D eigenvalue weighted by atomic mass is 35.5. The van der Waals surface area contributed by atoms with Gasteiger partial charge in [-0.2, -0.15) is 0 Å². The molecule has 0 atom stereocenters. The average Bonchev–Trinajstić information content (AvgIpc) is 2.69. The first-order chi connectivity index (χ1) is 8.75. The van der Waals surface area contributed by atoms with Gasteiger partial charge >= 0.3 is 5.97 Å². The van der Waals surface area contributed by atoms with Crippen LogP contribution < -0.4 is 0 Å². The molecule has 0 aliphatic carbocycles. The predicted octanol–water partition coefficient (Wildman–Crippen LogP) is 4.01. The molecule has 1 aliphatic heterocycles. The van der Waals surface area contributed by atoms with Crippen molar-refractivity contribution >= 4 is 29.4 Å². The molecule has 0 radical (unpaired) electrons. The van der Waals surface area contributed by atoms with Crippen LogP contribution in [0.3, 0.4) is 0 Å². The summed E-state index contributed by atoms with van der Waals surface area (Å²) in [6.45, 7) is 0. The van der Waals surface area contributed by atoms with E-state index in [4.69, 9.17) is 16.3 Å². The summed E-state index contributed by atoms with van der Waals surface area (Å²) in [7, 11) is 0. The summed E-state index contributed by atoms with van der Waals surface area (Å²) in [5.74, 6) is 0.154. The number of carbonyl (C=O) groups is 1. The van der Waals surface area contributed by atoms with Crippen LogP contribution in [0.5, 0.6) is 0 Å². The van der Waals surface area contributed by atoms with E-state index >= 15 is 0 Å². The van der Waals surface area contributed by atoms with E-state index in [9.17, 15) is 4.79 Å². The Morgan fingerprint density at radius 1 is 1.00 bits per heavy atom. The number of hydrogen-bond donors (Lipinski definition) is 0. The molecule has 2 aromatic rings. The first kappa shape index (κ1) is 11.1. The molecule has 2 nitrogen and oxygen atoms in total. The number of fused-ring (bicyclic) bond motifs is 1. The molecule has 1 aliphatic rings. The molecule has 3 rings (SSSR count). The Balaban J connectivity index is 2.12. The standard InChI is InChI=1S/C15H9ClO2/c16-12-8-4-7-11-13(18-15(17)14(11)12)9-10-5-2-1-3-6-10/h1-9H/b13-9-. The zero-order chi connectivity index (χ0) is 12.5. The lowest BCUT2D eigenvalue weighted by molar-refractivity contribution is 0.0717. The second-order valence-corrected chi connectivity index (χ2v) is 4.38. The molecule has 3 heteroatoms. The Morgan fingerprint density at radius 2 is 1.78 bits per heavy atom. The van der Waals surface area contributed by atoms with Crippen LogP contribution in [0, 0.1) is 0 Å². The smallest absolute Gasteiger partial charge is 0.345 e. The van der Waals surface area contributed by atoms with E-state index in [0.29, 0.717) is 16.3 Å². The lowest BCUT2D eigenvalue weighted by atomic mass is 10.1. The van der Waals surface area contributed by atoms with Crippen molar-refractivity contribution in [2.45, 2.75) is 0 Å². The molecule has 0 fully saturated rings. The van der Waals surface area contributed by atoms with Crippen molar-refractivity contribution in [3.8, 4) is 0 Å². The molecule has 0 N–H and O–H groups in total. The maximum absolute atomic E-state index is 11.7. The second-order valence-electron chi connectivity index (χ2n) is 3.97. The topological polar surface area (TPSA) is 26.3 Å². The van der Waals surface area contributed by atoms with Gasteiger partial charge in [0.15, 0.2) is 0 Å². The maximum Gasteiger partial charge on any atom is 0.345 e. The van der Waals surface area contributed by atoms with E-state index in [0.717, 1.165) is 11.1 Å². The fourth-order valence-electron chi connectivity index (χ4n) is 1.95. The van der Waals surface area contributed by atoms with Crippen LogP contribution >= 0.6 is 11.6 Å². The Morgan fingerprint density at radius 3 is 2.56 bits per heavy atom. The summed E-state index contributed by atoms with van der Waals surface area (Å²) >= 11 is 6.00. The molecular formula is C15H9ClO2. The van der Waals surface area contributed by atoms with Crippen molar-refractivity contribution < 1.29 is 9.53 Å². The maximum atomic E-state index is 11.7. The normalized spacial score (nSPS) is 15.6. The molecule has 2 aromatic carbocycles. The first-order valence-corrected chi connectivity index (χ1v) is 5.91. The van der Waals surface area contributed by atoms with Gasteiger partial charge in [0, 0.05) is 5.56 Å². The van der Waals surface area contributed by atoms with E-state index in [1.807, 2.05) is 48.5 Å². The minimum atomic E-state index is -0.391. The summed E-state index contributed by atoms with van der Waals surface area (Å²) in [6, 6.07) is 15.0. The molecule has 0 amide bonds. The molecule has 0 aromatic heterocycles. The number of ether oxygens (including phenoxy) is 1. The van der Waals surface area contributed by atoms with Gasteiger partial charge in [0.1, 0.15) is 5.76 Å². The van der Waals surface area contributed by atoms with Crippen LogP contribution in [0.1, 0.15) is 21.5 Å². The highest BCUT2D eigenvalue weighted by Gasteiger charge is 2.28. The summed E-state index contributed by atoms with van der Waals surface area (Å²) in [6.07, 6.45) is 1.83.